The Balaban J connectivity index is 1.84. The number of aromatic nitrogens is 2. The molecule has 6 heteroatoms. The lowest BCUT2D eigenvalue weighted by atomic mass is 10.2. The van der Waals surface area contributed by atoms with Gasteiger partial charge in [0.25, 0.3) is 0 Å². The Morgan fingerprint density at radius 3 is 1.67 bits per heavy atom. The predicted molar refractivity (Wildman–Crippen MR) is 165 cm³/mol. The Bertz CT molecular complexity index is 1400. The quantitative estimate of drug-likeness (QED) is 0.129. The number of hydrogen-bond acceptors (Lipinski definition) is 4. The van der Waals surface area contributed by atoms with E-state index in [1.807, 2.05) is 32.0 Å². The van der Waals surface area contributed by atoms with E-state index in [-0.39, 0.29) is 11.2 Å². The van der Waals surface area contributed by atoms with Gasteiger partial charge in [0, 0.05) is 5.56 Å². The van der Waals surface area contributed by atoms with Crippen molar-refractivity contribution in [1.29, 1.82) is 0 Å². The smallest absolute Gasteiger partial charge is 0.319 e. The first-order chi connectivity index (χ1) is 19.2. The van der Waals surface area contributed by atoms with Crippen molar-refractivity contribution in [2.24, 2.45) is 0 Å². The highest BCUT2D eigenvalue weighted by atomic mass is 32.2. The van der Waals surface area contributed by atoms with Crippen molar-refractivity contribution >= 4 is 46.3 Å². The molecule has 1 unspecified atom stereocenters. The molecule has 4 aromatic carbocycles. The summed E-state index contributed by atoms with van der Waals surface area (Å²) in [7, 11) is -2.45. The van der Waals surface area contributed by atoms with E-state index in [0.29, 0.717) is 13.0 Å². The average Bonchev–Trinajstić information content (AvgIpc) is 3.42. The van der Waals surface area contributed by atoms with Gasteiger partial charge in [0.1, 0.15) is 27.0 Å². The van der Waals surface area contributed by atoms with Crippen LogP contribution in [0, 0.1) is 0 Å². The number of rotatable bonds is 10. The standard InChI is InChI=1S/C33H32N2O2PS/c1-3-29(33(36)37-4-2)39-32-31(34-30(35-32)25-17-9-5-10-18-25)38(26-19-11-6-12-20-26,27-21-13-7-14-22-27)28-23-15-8-16-24-28/h5-24,29H,3-4H2,1-2H3,(H,34,35)/q+1. The number of imidazole rings is 1. The van der Waals surface area contributed by atoms with Crippen molar-refractivity contribution in [2.45, 2.75) is 30.5 Å². The minimum absolute atomic E-state index is 0.205. The van der Waals surface area contributed by atoms with Gasteiger partial charge in [-0.2, -0.15) is 0 Å². The van der Waals surface area contributed by atoms with Crippen molar-refractivity contribution in [3.8, 4) is 11.4 Å². The summed E-state index contributed by atoms with van der Waals surface area (Å²) in [5.41, 5.74) is 2.04. The number of carbonyl (C=O) groups is 1. The Hall–Kier alpha value is -3.66. The second-order valence-electron chi connectivity index (χ2n) is 9.05. The fraction of sp³-hybridized carbons (Fsp3) is 0.152. The minimum Gasteiger partial charge on any atom is -0.465 e. The fourth-order valence-electron chi connectivity index (χ4n) is 4.85. The first-order valence-electron chi connectivity index (χ1n) is 13.2. The van der Waals surface area contributed by atoms with E-state index in [4.69, 9.17) is 9.72 Å². The Labute approximate surface area is 235 Å². The van der Waals surface area contributed by atoms with Crippen molar-refractivity contribution in [2.75, 3.05) is 6.61 Å². The van der Waals surface area contributed by atoms with Crippen LogP contribution in [0.1, 0.15) is 20.3 Å². The molecule has 1 N–H and O–H groups in total. The molecule has 39 heavy (non-hydrogen) atoms. The van der Waals surface area contributed by atoms with Gasteiger partial charge in [-0.15, -0.1) is 0 Å². The van der Waals surface area contributed by atoms with Crippen LogP contribution in [-0.2, 0) is 9.53 Å². The normalized spacial score (nSPS) is 12.2. The van der Waals surface area contributed by atoms with Gasteiger partial charge in [-0.1, -0.05) is 104 Å². The van der Waals surface area contributed by atoms with E-state index in [0.717, 1.165) is 21.8 Å². The summed E-state index contributed by atoms with van der Waals surface area (Å²) in [6.45, 7) is 4.22. The number of ether oxygens (including phenoxy) is 1. The number of nitrogens with one attached hydrogen (secondary N) is 1. The van der Waals surface area contributed by atoms with Crippen molar-refractivity contribution in [1.82, 2.24) is 9.97 Å². The molecular formula is C33H32N2O2PS+. The van der Waals surface area contributed by atoms with Crippen molar-refractivity contribution in [3.63, 3.8) is 0 Å². The Kier molecular flexibility index (Phi) is 8.61. The highest BCUT2D eigenvalue weighted by Gasteiger charge is 2.52. The third kappa shape index (κ3) is 5.43. The molecule has 5 rings (SSSR count). The van der Waals surface area contributed by atoms with Gasteiger partial charge in [0.05, 0.1) is 6.61 Å². The van der Waals surface area contributed by atoms with E-state index in [2.05, 4.69) is 108 Å². The van der Waals surface area contributed by atoms with Gasteiger partial charge in [0.15, 0.2) is 12.3 Å². The maximum absolute atomic E-state index is 13.0. The number of thioether (sulfide) groups is 1. The van der Waals surface area contributed by atoms with E-state index in [9.17, 15) is 4.79 Å². The third-order valence-corrected chi connectivity index (χ3v) is 12.3. The summed E-state index contributed by atoms with van der Waals surface area (Å²) in [6, 6.07) is 42.2. The van der Waals surface area contributed by atoms with E-state index in [1.165, 1.54) is 27.7 Å². The SMILES string of the molecule is CCOC(=O)C(CC)Sc1nc(-c2ccccc2)[nH]c1[P+](c1ccccc1)(c1ccccc1)c1ccccc1. The fourth-order valence-corrected chi connectivity index (χ4v) is 10.5. The van der Waals surface area contributed by atoms with E-state index in [1.54, 1.807) is 0 Å². The molecule has 1 aromatic heterocycles. The average molecular weight is 552 g/mol. The molecule has 1 atom stereocenters. The van der Waals surface area contributed by atoms with Gasteiger partial charge >= 0.3 is 5.97 Å². The zero-order valence-corrected chi connectivity index (χ0v) is 23.9. The van der Waals surface area contributed by atoms with Gasteiger partial charge in [-0.3, -0.25) is 4.79 Å². The van der Waals surface area contributed by atoms with Gasteiger partial charge in [-0.05, 0) is 49.7 Å². The minimum atomic E-state index is -2.45. The van der Waals surface area contributed by atoms with Crippen LogP contribution >= 0.6 is 19.0 Å². The number of carbonyl (C=O) groups excluding carboxylic acids is 1. The summed E-state index contributed by atoms with van der Waals surface area (Å²) in [4.78, 5) is 21.9. The molecule has 0 radical (unpaired) electrons. The highest BCUT2D eigenvalue weighted by Crippen LogP contribution is 2.55. The molecule has 0 saturated carbocycles. The van der Waals surface area contributed by atoms with Gasteiger partial charge in [0.2, 0.25) is 5.44 Å². The zero-order chi connectivity index (χ0) is 27.1. The van der Waals surface area contributed by atoms with Crippen LogP contribution in [0.4, 0.5) is 0 Å². The molecule has 0 fully saturated rings. The molecule has 0 aliphatic rings. The third-order valence-electron chi connectivity index (χ3n) is 6.64. The number of H-pyrrole nitrogens is 1. The summed E-state index contributed by atoms with van der Waals surface area (Å²) >= 11 is 1.50. The van der Waals surface area contributed by atoms with Gasteiger partial charge in [-0.25, -0.2) is 4.98 Å². The Morgan fingerprint density at radius 1 is 0.769 bits per heavy atom. The molecule has 0 spiro atoms. The largest absolute Gasteiger partial charge is 0.465 e. The number of hydrogen-bond donors (Lipinski definition) is 1. The lowest BCUT2D eigenvalue weighted by Crippen LogP contribution is -2.40. The molecule has 0 aliphatic carbocycles. The molecule has 0 aliphatic heterocycles. The molecule has 5 aromatic rings. The number of nitrogens with zero attached hydrogens (tertiary/aromatic N) is 1. The lowest BCUT2D eigenvalue weighted by molar-refractivity contribution is -0.142. The predicted octanol–water partition coefficient (Wildman–Crippen LogP) is 6.13. The van der Waals surface area contributed by atoms with Crippen molar-refractivity contribution in [3.05, 3.63) is 121 Å². The maximum Gasteiger partial charge on any atom is 0.319 e. The number of esters is 1. The maximum atomic E-state index is 13.0. The topological polar surface area (TPSA) is 55.0 Å². The van der Waals surface area contributed by atoms with E-state index >= 15 is 0 Å². The first-order valence-corrected chi connectivity index (χ1v) is 15.9. The molecule has 4 nitrogen and oxygen atoms in total. The van der Waals surface area contributed by atoms with Crippen LogP contribution in [0.2, 0.25) is 0 Å². The molecular weight excluding hydrogens is 519 g/mol. The molecule has 1 heterocycles. The highest BCUT2D eigenvalue weighted by molar-refractivity contribution is 8.04. The van der Waals surface area contributed by atoms with Crippen LogP contribution in [0.3, 0.4) is 0 Å². The summed E-state index contributed by atoms with van der Waals surface area (Å²) in [5.74, 6) is 0.585. The van der Waals surface area contributed by atoms with Crippen molar-refractivity contribution < 1.29 is 9.53 Å². The van der Waals surface area contributed by atoms with E-state index < -0.39 is 7.26 Å². The summed E-state index contributed by atoms with van der Waals surface area (Å²) < 4.78 is 5.45. The second kappa shape index (κ2) is 12.5. The molecule has 0 bridgehead atoms. The van der Waals surface area contributed by atoms with Crippen LogP contribution in [0.5, 0.6) is 0 Å². The molecule has 0 saturated heterocycles. The number of benzene rings is 4. The molecule has 0 amide bonds. The van der Waals surface area contributed by atoms with Crippen LogP contribution in [0.25, 0.3) is 11.4 Å². The van der Waals surface area contributed by atoms with Crippen LogP contribution in [-0.4, -0.2) is 27.8 Å². The van der Waals surface area contributed by atoms with Gasteiger partial charge < -0.3 is 9.72 Å². The Morgan fingerprint density at radius 2 is 1.23 bits per heavy atom. The van der Waals surface area contributed by atoms with Crippen LogP contribution < -0.4 is 21.3 Å². The first kappa shape index (κ1) is 26.9. The number of aromatic amines is 1. The zero-order valence-electron chi connectivity index (χ0n) is 22.2. The summed E-state index contributed by atoms with van der Waals surface area (Å²) in [5, 5.41) is 4.13. The van der Waals surface area contributed by atoms with Crippen LogP contribution in [0.15, 0.2) is 126 Å². The summed E-state index contributed by atoms with van der Waals surface area (Å²) in [6.07, 6.45) is 0.643. The monoisotopic (exact) mass is 551 g/mol. The molecule has 196 valence electrons. The second-order valence-corrected chi connectivity index (χ2v) is 13.6. The lowest BCUT2D eigenvalue weighted by Gasteiger charge is -2.27.